The van der Waals surface area contributed by atoms with Crippen molar-refractivity contribution in [2.24, 2.45) is 0 Å². The number of carbonyl (C=O) groups is 2. The number of rotatable bonds is 4. The summed E-state index contributed by atoms with van der Waals surface area (Å²) >= 11 is 3.38. The van der Waals surface area contributed by atoms with Gasteiger partial charge in [-0.1, -0.05) is 22.0 Å². The molecule has 2 aromatic rings. The summed E-state index contributed by atoms with van der Waals surface area (Å²) in [6.07, 6.45) is 0. The summed E-state index contributed by atoms with van der Waals surface area (Å²) in [5.74, 6) is 0.884. The Kier molecular flexibility index (Phi) is 5.70. The topological polar surface area (TPSA) is 59.1 Å². The summed E-state index contributed by atoms with van der Waals surface area (Å²) in [5, 5.41) is 0. The Labute approximate surface area is 166 Å². The lowest BCUT2D eigenvalue weighted by Crippen LogP contribution is -2.57. The van der Waals surface area contributed by atoms with Gasteiger partial charge < -0.3 is 19.3 Å². The van der Waals surface area contributed by atoms with E-state index in [1.165, 1.54) is 0 Å². The van der Waals surface area contributed by atoms with Crippen molar-refractivity contribution in [1.29, 1.82) is 0 Å². The Bertz CT molecular complexity index is 871. The van der Waals surface area contributed by atoms with E-state index >= 15 is 0 Å². The quantitative estimate of drug-likeness (QED) is 0.742. The second kappa shape index (κ2) is 8.00. The molecule has 0 spiro atoms. The van der Waals surface area contributed by atoms with Crippen LogP contribution in [0.15, 0.2) is 46.9 Å². The van der Waals surface area contributed by atoms with Gasteiger partial charge in [-0.3, -0.25) is 9.59 Å². The first-order valence-corrected chi connectivity index (χ1v) is 9.35. The van der Waals surface area contributed by atoms with Crippen LogP contribution in [0.3, 0.4) is 0 Å². The number of nitrogens with zero attached hydrogens (tertiary/aromatic N) is 2. The molecule has 0 bridgehead atoms. The van der Waals surface area contributed by atoms with E-state index in [4.69, 9.17) is 9.47 Å². The van der Waals surface area contributed by atoms with Gasteiger partial charge in [0.25, 0.3) is 5.91 Å². The molecule has 2 amide bonds. The van der Waals surface area contributed by atoms with Gasteiger partial charge in [0.1, 0.15) is 6.04 Å². The summed E-state index contributed by atoms with van der Waals surface area (Å²) in [6.45, 7) is 2.62. The maximum absolute atomic E-state index is 12.9. The van der Waals surface area contributed by atoms with E-state index in [0.29, 0.717) is 30.2 Å². The number of piperazine rings is 1. The lowest BCUT2D eigenvalue weighted by molar-refractivity contribution is -0.124. The molecule has 0 N–H and O–H groups in total. The van der Waals surface area contributed by atoms with Crippen molar-refractivity contribution in [3.63, 3.8) is 0 Å². The van der Waals surface area contributed by atoms with Gasteiger partial charge in [0.05, 0.1) is 14.2 Å². The second-order valence-electron chi connectivity index (χ2n) is 6.21. The molecule has 0 aromatic heterocycles. The minimum atomic E-state index is -0.557. The zero-order valence-electron chi connectivity index (χ0n) is 15.4. The third-order valence-electron chi connectivity index (χ3n) is 4.67. The van der Waals surface area contributed by atoms with Gasteiger partial charge in [0, 0.05) is 34.9 Å². The fourth-order valence-corrected chi connectivity index (χ4v) is 3.58. The minimum Gasteiger partial charge on any atom is -0.493 e. The Morgan fingerprint density at radius 2 is 1.81 bits per heavy atom. The molecule has 1 atom stereocenters. The first-order chi connectivity index (χ1) is 13.0. The number of anilines is 1. The Balaban J connectivity index is 1.81. The molecule has 1 aliphatic rings. The Hall–Kier alpha value is -2.54. The predicted molar refractivity (Wildman–Crippen MR) is 107 cm³/mol. The predicted octanol–water partition coefficient (Wildman–Crippen LogP) is 3.34. The molecule has 0 radical (unpaired) electrons. The molecule has 1 fully saturated rings. The zero-order valence-corrected chi connectivity index (χ0v) is 17.0. The van der Waals surface area contributed by atoms with E-state index in [1.54, 1.807) is 55.2 Å². The number of amides is 2. The number of hydrogen-bond acceptors (Lipinski definition) is 4. The largest absolute Gasteiger partial charge is 0.493 e. The SMILES string of the molecule is COc1ccc(N2CCN(C(=O)c3cccc(Br)c3)[C@@H](C)C2=O)cc1OC. The van der Waals surface area contributed by atoms with Gasteiger partial charge >= 0.3 is 0 Å². The van der Waals surface area contributed by atoms with Gasteiger partial charge in [-0.25, -0.2) is 0 Å². The van der Waals surface area contributed by atoms with E-state index in [0.717, 1.165) is 10.2 Å². The summed E-state index contributed by atoms with van der Waals surface area (Å²) in [4.78, 5) is 29.1. The fourth-order valence-electron chi connectivity index (χ4n) is 3.18. The second-order valence-corrected chi connectivity index (χ2v) is 7.13. The van der Waals surface area contributed by atoms with E-state index in [9.17, 15) is 9.59 Å². The van der Waals surface area contributed by atoms with Gasteiger partial charge in [-0.2, -0.15) is 0 Å². The summed E-state index contributed by atoms with van der Waals surface area (Å²) in [6, 6.07) is 12.0. The molecular formula is C20H21BrN2O4. The van der Waals surface area contributed by atoms with E-state index in [-0.39, 0.29) is 11.8 Å². The molecule has 1 saturated heterocycles. The minimum absolute atomic E-state index is 0.128. The van der Waals surface area contributed by atoms with Crippen LogP contribution in [0.4, 0.5) is 5.69 Å². The fraction of sp³-hybridized carbons (Fsp3) is 0.300. The van der Waals surface area contributed by atoms with Crippen molar-refractivity contribution in [2.45, 2.75) is 13.0 Å². The lowest BCUT2D eigenvalue weighted by Gasteiger charge is -2.39. The van der Waals surface area contributed by atoms with Crippen LogP contribution in [-0.2, 0) is 4.79 Å². The van der Waals surface area contributed by atoms with Crippen molar-refractivity contribution in [3.05, 3.63) is 52.5 Å². The smallest absolute Gasteiger partial charge is 0.254 e. The maximum atomic E-state index is 12.9. The van der Waals surface area contributed by atoms with Crippen LogP contribution in [0, 0.1) is 0 Å². The van der Waals surface area contributed by atoms with Crippen molar-refractivity contribution in [2.75, 3.05) is 32.2 Å². The van der Waals surface area contributed by atoms with Crippen LogP contribution >= 0.6 is 15.9 Å². The Morgan fingerprint density at radius 3 is 2.48 bits per heavy atom. The molecule has 2 aromatic carbocycles. The average molecular weight is 433 g/mol. The van der Waals surface area contributed by atoms with Crippen molar-refractivity contribution >= 4 is 33.4 Å². The average Bonchev–Trinajstić information content (AvgIpc) is 2.69. The third kappa shape index (κ3) is 3.78. The zero-order chi connectivity index (χ0) is 19.6. The van der Waals surface area contributed by atoms with Crippen molar-refractivity contribution in [3.8, 4) is 11.5 Å². The number of hydrogen-bond donors (Lipinski definition) is 0. The molecule has 6 nitrogen and oxygen atoms in total. The van der Waals surface area contributed by atoms with Crippen LogP contribution in [0.1, 0.15) is 17.3 Å². The van der Waals surface area contributed by atoms with Crippen molar-refractivity contribution in [1.82, 2.24) is 4.90 Å². The summed E-state index contributed by atoms with van der Waals surface area (Å²) < 4.78 is 11.4. The molecule has 27 heavy (non-hydrogen) atoms. The molecule has 3 rings (SSSR count). The molecular weight excluding hydrogens is 412 g/mol. The Morgan fingerprint density at radius 1 is 1.07 bits per heavy atom. The van der Waals surface area contributed by atoms with Gasteiger partial charge in [0.15, 0.2) is 11.5 Å². The van der Waals surface area contributed by atoms with E-state index < -0.39 is 6.04 Å². The highest BCUT2D eigenvalue weighted by molar-refractivity contribution is 9.10. The molecule has 7 heteroatoms. The maximum Gasteiger partial charge on any atom is 0.254 e. The van der Waals surface area contributed by atoms with Crippen LogP contribution in [0.25, 0.3) is 0 Å². The molecule has 1 heterocycles. The third-order valence-corrected chi connectivity index (χ3v) is 5.16. The van der Waals surface area contributed by atoms with Crippen LogP contribution in [-0.4, -0.2) is 50.1 Å². The highest BCUT2D eigenvalue weighted by Gasteiger charge is 2.35. The van der Waals surface area contributed by atoms with E-state index in [2.05, 4.69) is 15.9 Å². The summed E-state index contributed by atoms with van der Waals surface area (Å²) in [7, 11) is 3.12. The number of benzene rings is 2. The first kappa shape index (κ1) is 19.2. The van der Waals surface area contributed by atoms with Crippen LogP contribution < -0.4 is 14.4 Å². The number of carbonyl (C=O) groups excluding carboxylic acids is 2. The molecule has 0 unspecified atom stereocenters. The van der Waals surface area contributed by atoms with Crippen LogP contribution in [0.2, 0.25) is 0 Å². The van der Waals surface area contributed by atoms with Gasteiger partial charge in [-0.15, -0.1) is 0 Å². The molecule has 142 valence electrons. The highest BCUT2D eigenvalue weighted by Crippen LogP contribution is 2.32. The standard InChI is InChI=1S/C20H21BrN2O4/c1-13-19(24)23(16-7-8-17(26-2)18(12-16)27-3)10-9-22(13)20(25)14-5-4-6-15(21)11-14/h4-8,11-13H,9-10H2,1-3H3/t13-/m0/s1. The monoisotopic (exact) mass is 432 g/mol. The molecule has 0 saturated carbocycles. The lowest BCUT2D eigenvalue weighted by atomic mass is 10.1. The highest BCUT2D eigenvalue weighted by atomic mass is 79.9. The normalized spacial score (nSPS) is 17.0. The van der Waals surface area contributed by atoms with Gasteiger partial charge in [-0.05, 0) is 37.3 Å². The number of halogens is 1. The van der Waals surface area contributed by atoms with Crippen molar-refractivity contribution < 1.29 is 19.1 Å². The first-order valence-electron chi connectivity index (χ1n) is 8.56. The molecule has 0 aliphatic carbocycles. The van der Waals surface area contributed by atoms with Crippen LogP contribution in [0.5, 0.6) is 11.5 Å². The van der Waals surface area contributed by atoms with E-state index in [1.807, 2.05) is 18.2 Å². The summed E-state index contributed by atoms with van der Waals surface area (Å²) in [5.41, 5.74) is 1.28. The molecule has 1 aliphatic heterocycles. The number of ether oxygens (including phenoxy) is 2. The number of methoxy groups -OCH3 is 2. The van der Waals surface area contributed by atoms with Gasteiger partial charge in [0.2, 0.25) is 5.91 Å².